The van der Waals surface area contributed by atoms with E-state index in [1.807, 2.05) is 54.6 Å². The van der Waals surface area contributed by atoms with Crippen LogP contribution in [-0.4, -0.2) is 29.1 Å². The van der Waals surface area contributed by atoms with E-state index in [2.05, 4.69) is 5.32 Å². The molecule has 2 aromatic rings. The lowest BCUT2D eigenvalue weighted by Gasteiger charge is -2.20. The minimum Gasteiger partial charge on any atom is -0.395 e. The minimum atomic E-state index is -0.483. The number of nitrogens with zero attached hydrogens (tertiary/aromatic N) is 2. The molecule has 134 valence electrons. The first-order valence-corrected chi connectivity index (χ1v) is 8.54. The molecule has 2 N–H and O–H groups in total. The van der Waals surface area contributed by atoms with Gasteiger partial charge in [-0.1, -0.05) is 60.1 Å². The second kappa shape index (κ2) is 10.2. The maximum Gasteiger partial charge on any atom is 0.263 e. The van der Waals surface area contributed by atoms with Crippen molar-refractivity contribution >= 4 is 17.5 Å². The van der Waals surface area contributed by atoms with Crippen LogP contribution < -0.4 is 5.32 Å². The number of benzene rings is 2. The van der Waals surface area contributed by atoms with Crippen LogP contribution in [0.5, 0.6) is 0 Å². The van der Waals surface area contributed by atoms with Gasteiger partial charge >= 0.3 is 0 Å². The molecule has 0 saturated heterocycles. The second-order valence-electron chi connectivity index (χ2n) is 5.61. The average Bonchev–Trinajstić information content (AvgIpc) is 2.66. The molecule has 0 saturated carbocycles. The number of carbonyl (C=O) groups is 1. The third-order valence-electron chi connectivity index (χ3n) is 3.69. The first kappa shape index (κ1) is 19.5. The van der Waals surface area contributed by atoms with Crippen LogP contribution in [0.25, 0.3) is 0 Å². The summed E-state index contributed by atoms with van der Waals surface area (Å²) >= 11 is 6.07. The fourth-order valence-electron chi connectivity index (χ4n) is 2.37. The Morgan fingerprint density at radius 1 is 1.19 bits per heavy atom. The molecular weight excluding hydrogens is 350 g/mol. The smallest absolute Gasteiger partial charge is 0.263 e. The van der Waals surface area contributed by atoms with E-state index < -0.39 is 5.91 Å². The molecular formula is C20H20ClN3O2. The molecule has 5 nitrogen and oxygen atoms in total. The van der Waals surface area contributed by atoms with Gasteiger partial charge in [-0.05, 0) is 17.2 Å². The minimum absolute atomic E-state index is 0.0264. The zero-order valence-corrected chi connectivity index (χ0v) is 15.0. The van der Waals surface area contributed by atoms with Crippen LogP contribution in [0.2, 0.25) is 5.02 Å². The van der Waals surface area contributed by atoms with Crippen molar-refractivity contribution in [1.82, 2.24) is 10.2 Å². The Labute approximate surface area is 158 Å². The molecule has 1 amide bonds. The maximum absolute atomic E-state index is 12.3. The fraction of sp³-hybridized carbons (Fsp3) is 0.200. The quantitative estimate of drug-likeness (QED) is 0.554. The van der Waals surface area contributed by atoms with Gasteiger partial charge in [0.15, 0.2) is 0 Å². The highest BCUT2D eigenvalue weighted by molar-refractivity contribution is 6.31. The number of amides is 1. The topological polar surface area (TPSA) is 76.4 Å². The largest absolute Gasteiger partial charge is 0.395 e. The van der Waals surface area contributed by atoms with E-state index >= 15 is 0 Å². The molecule has 0 unspecified atom stereocenters. The molecule has 0 spiro atoms. The summed E-state index contributed by atoms with van der Waals surface area (Å²) in [6.45, 7) is 0.960. The fourth-order valence-corrected chi connectivity index (χ4v) is 2.57. The average molecular weight is 370 g/mol. The molecule has 26 heavy (non-hydrogen) atoms. The van der Waals surface area contributed by atoms with Crippen LogP contribution in [0.1, 0.15) is 11.1 Å². The van der Waals surface area contributed by atoms with Crippen molar-refractivity contribution in [3.8, 4) is 6.07 Å². The maximum atomic E-state index is 12.3. The predicted octanol–water partition coefficient (Wildman–Crippen LogP) is 2.86. The van der Waals surface area contributed by atoms with Crippen LogP contribution in [0.3, 0.4) is 0 Å². The zero-order chi connectivity index (χ0) is 18.8. The Morgan fingerprint density at radius 3 is 2.54 bits per heavy atom. The summed E-state index contributed by atoms with van der Waals surface area (Å²) in [5, 5.41) is 21.8. The van der Waals surface area contributed by atoms with Gasteiger partial charge in [0, 0.05) is 30.9 Å². The summed E-state index contributed by atoms with van der Waals surface area (Å²) < 4.78 is 0. The summed E-state index contributed by atoms with van der Waals surface area (Å²) in [4.78, 5) is 14.1. The zero-order valence-electron chi connectivity index (χ0n) is 14.2. The predicted molar refractivity (Wildman–Crippen MR) is 101 cm³/mol. The van der Waals surface area contributed by atoms with Crippen LogP contribution >= 0.6 is 11.6 Å². The first-order chi connectivity index (χ1) is 12.6. The third-order valence-corrected chi connectivity index (χ3v) is 4.06. The normalized spacial score (nSPS) is 10.9. The summed E-state index contributed by atoms with van der Waals surface area (Å²) in [5.41, 5.74) is 1.77. The van der Waals surface area contributed by atoms with Crippen molar-refractivity contribution in [2.24, 2.45) is 0 Å². The summed E-state index contributed by atoms with van der Waals surface area (Å²) in [6.07, 6.45) is 1.48. The number of carbonyl (C=O) groups excluding carboxylic acids is 1. The van der Waals surface area contributed by atoms with Gasteiger partial charge in [-0.2, -0.15) is 5.26 Å². The summed E-state index contributed by atoms with van der Waals surface area (Å²) in [5.74, 6) is -0.483. The number of hydrogen-bond donors (Lipinski definition) is 2. The molecule has 0 aliphatic heterocycles. The molecule has 0 aromatic heterocycles. The lowest BCUT2D eigenvalue weighted by Crippen LogP contribution is -2.27. The molecule has 0 bridgehead atoms. The van der Waals surface area contributed by atoms with E-state index in [4.69, 9.17) is 11.6 Å². The molecule has 0 atom stereocenters. The highest BCUT2D eigenvalue weighted by Crippen LogP contribution is 2.14. The summed E-state index contributed by atoms with van der Waals surface area (Å²) in [6, 6.07) is 18.8. The van der Waals surface area contributed by atoms with Gasteiger partial charge in [0.2, 0.25) is 0 Å². The van der Waals surface area contributed by atoms with Crippen LogP contribution in [-0.2, 0) is 17.9 Å². The Bertz CT molecular complexity index is 800. The number of hydrogen-bond acceptors (Lipinski definition) is 4. The lowest BCUT2D eigenvalue weighted by molar-refractivity contribution is -0.117. The Hall–Kier alpha value is -2.81. The van der Waals surface area contributed by atoms with Crippen molar-refractivity contribution < 1.29 is 9.90 Å². The van der Waals surface area contributed by atoms with Gasteiger partial charge in [-0.3, -0.25) is 4.79 Å². The van der Waals surface area contributed by atoms with Crippen molar-refractivity contribution in [1.29, 1.82) is 5.26 Å². The van der Waals surface area contributed by atoms with E-state index in [1.54, 1.807) is 11.0 Å². The molecule has 0 radical (unpaired) electrons. The Kier molecular flexibility index (Phi) is 7.69. The third kappa shape index (κ3) is 5.92. The SMILES string of the molecule is N#C/C(=C/N(CCO)Cc1ccccc1)C(=O)NCc1ccccc1Cl. The second-order valence-corrected chi connectivity index (χ2v) is 6.02. The molecule has 2 rings (SSSR count). The number of aliphatic hydroxyl groups excluding tert-OH is 1. The van der Waals surface area contributed by atoms with E-state index in [0.717, 1.165) is 11.1 Å². The highest BCUT2D eigenvalue weighted by Gasteiger charge is 2.12. The van der Waals surface area contributed by atoms with Crippen molar-refractivity contribution in [3.63, 3.8) is 0 Å². The van der Waals surface area contributed by atoms with Gasteiger partial charge in [-0.25, -0.2) is 0 Å². The summed E-state index contributed by atoms with van der Waals surface area (Å²) in [7, 11) is 0. The van der Waals surface area contributed by atoms with Gasteiger partial charge in [0.1, 0.15) is 11.6 Å². The van der Waals surface area contributed by atoms with Crippen LogP contribution in [0, 0.1) is 11.3 Å². The number of halogens is 1. The van der Waals surface area contributed by atoms with E-state index in [0.29, 0.717) is 18.1 Å². The molecule has 0 heterocycles. The first-order valence-electron chi connectivity index (χ1n) is 8.16. The number of aliphatic hydroxyl groups is 1. The van der Waals surface area contributed by atoms with Gasteiger partial charge in [-0.15, -0.1) is 0 Å². The lowest BCUT2D eigenvalue weighted by atomic mass is 10.2. The van der Waals surface area contributed by atoms with E-state index in [-0.39, 0.29) is 18.7 Å². The van der Waals surface area contributed by atoms with Crippen LogP contribution in [0.15, 0.2) is 66.4 Å². The van der Waals surface area contributed by atoms with Crippen molar-refractivity contribution in [3.05, 3.63) is 82.5 Å². The van der Waals surface area contributed by atoms with Gasteiger partial charge < -0.3 is 15.3 Å². The Morgan fingerprint density at radius 2 is 1.88 bits per heavy atom. The van der Waals surface area contributed by atoms with Crippen LogP contribution in [0.4, 0.5) is 0 Å². The van der Waals surface area contributed by atoms with Crippen molar-refractivity contribution in [2.75, 3.05) is 13.2 Å². The highest BCUT2D eigenvalue weighted by atomic mass is 35.5. The standard InChI is InChI=1S/C20H20ClN3O2/c21-19-9-5-4-8-17(19)13-23-20(26)18(12-22)15-24(10-11-25)14-16-6-2-1-3-7-16/h1-9,15,25H,10-11,13-14H2,(H,23,26)/b18-15-. The molecule has 0 aliphatic rings. The molecule has 0 fully saturated rings. The molecule has 2 aromatic carbocycles. The molecule has 0 aliphatic carbocycles. The van der Waals surface area contributed by atoms with Crippen molar-refractivity contribution in [2.45, 2.75) is 13.1 Å². The van der Waals surface area contributed by atoms with E-state index in [1.165, 1.54) is 6.20 Å². The Balaban J connectivity index is 2.06. The monoisotopic (exact) mass is 369 g/mol. The number of nitrogens with one attached hydrogen (secondary N) is 1. The number of nitriles is 1. The van der Waals surface area contributed by atoms with Gasteiger partial charge in [0.05, 0.1) is 6.61 Å². The number of rotatable bonds is 8. The van der Waals surface area contributed by atoms with Gasteiger partial charge in [0.25, 0.3) is 5.91 Å². The van der Waals surface area contributed by atoms with E-state index in [9.17, 15) is 15.2 Å². The molecule has 6 heteroatoms.